The van der Waals surface area contributed by atoms with Gasteiger partial charge >= 0.3 is 11.9 Å². The monoisotopic (exact) mass is 654 g/mol. The van der Waals surface area contributed by atoms with Gasteiger partial charge in [0.25, 0.3) is 0 Å². The second-order valence-corrected chi connectivity index (χ2v) is 13.5. The first-order chi connectivity index (χ1) is 23.6. The highest BCUT2D eigenvalue weighted by Crippen LogP contribution is 2.21. The standard InChI is InChI=1S/C44H62O4/c1-3-5-7-9-11-13-15-17-19-21-25-37-29-33-39(34-30-37)47-43(45)41-27-23-24-28-42(41)44(46)48-40-35-31-38(32-36-40)26-22-20-18-16-14-12-10-8-6-4-2/h23-24,27-36H,3-22,25-26H2,1-2H3. The predicted octanol–water partition coefficient (Wildman–Crippen LogP) is 13.1. The number of benzene rings is 3. The third kappa shape index (κ3) is 16.1. The van der Waals surface area contributed by atoms with Gasteiger partial charge in [0, 0.05) is 0 Å². The zero-order valence-electron chi connectivity index (χ0n) is 30.1. The summed E-state index contributed by atoms with van der Waals surface area (Å²) in [5.74, 6) is -0.213. The maximum atomic E-state index is 13.1. The average molecular weight is 655 g/mol. The van der Waals surface area contributed by atoms with Crippen LogP contribution in [0.2, 0.25) is 0 Å². The van der Waals surface area contributed by atoms with Gasteiger partial charge in [-0.15, -0.1) is 0 Å². The molecule has 0 bridgehead atoms. The van der Waals surface area contributed by atoms with E-state index in [4.69, 9.17) is 9.47 Å². The van der Waals surface area contributed by atoms with Gasteiger partial charge in [0.15, 0.2) is 0 Å². The van der Waals surface area contributed by atoms with Gasteiger partial charge in [0.2, 0.25) is 0 Å². The molecule has 0 saturated carbocycles. The van der Waals surface area contributed by atoms with Crippen LogP contribution in [0.25, 0.3) is 0 Å². The molecule has 0 saturated heterocycles. The smallest absolute Gasteiger partial charge is 0.344 e. The summed E-state index contributed by atoms with van der Waals surface area (Å²) in [5, 5.41) is 0. The SMILES string of the molecule is CCCCCCCCCCCCc1ccc(OC(=O)c2ccccc2C(=O)Oc2ccc(CCCCCCCCCCCC)cc2)cc1. The Bertz CT molecular complexity index is 1180. The minimum absolute atomic E-state index is 0.189. The maximum absolute atomic E-state index is 13.1. The van der Waals surface area contributed by atoms with Crippen LogP contribution in [0.1, 0.15) is 174 Å². The van der Waals surface area contributed by atoms with Crippen molar-refractivity contribution in [2.45, 2.75) is 155 Å². The van der Waals surface area contributed by atoms with Crippen molar-refractivity contribution in [1.82, 2.24) is 0 Å². The molecular formula is C44H62O4. The Morgan fingerprint density at radius 3 is 1.00 bits per heavy atom. The Hall–Kier alpha value is -3.40. The molecule has 48 heavy (non-hydrogen) atoms. The summed E-state index contributed by atoms with van der Waals surface area (Å²) < 4.78 is 11.3. The first-order valence-electron chi connectivity index (χ1n) is 19.3. The Morgan fingerprint density at radius 2 is 0.688 bits per heavy atom. The maximum Gasteiger partial charge on any atom is 0.344 e. The Labute approximate surface area is 292 Å². The van der Waals surface area contributed by atoms with Gasteiger partial charge in [0.1, 0.15) is 11.5 Å². The van der Waals surface area contributed by atoms with Crippen molar-refractivity contribution in [3.63, 3.8) is 0 Å². The molecule has 3 aromatic carbocycles. The van der Waals surface area contributed by atoms with Gasteiger partial charge in [-0.3, -0.25) is 0 Å². The largest absolute Gasteiger partial charge is 0.423 e. The summed E-state index contributed by atoms with van der Waals surface area (Å²) in [5.41, 5.74) is 2.87. The van der Waals surface area contributed by atoms with Crippen LogP contribution in [0.4, 0.5) is 0 Å². The second kappa shape index (κ2) is 24.7. The topological polar surface area (TPSA) is 52.6 Å². The quantitative estimate of drug-likeness (QED) is 0.0491. The molecule has 0 heterocycles. The van der Waals surface area contributed by atoms with Gasteiger partial charge in [-0.2, -0.15) is 0 Å². The predicted molar refractivity (Wildman–Crippen MR) is 200 cm³/mol. The minimum Gasteiger partial charge on any atom is -0.423 e. The average Bonchev–Trinajstić information content (AvgIpc) is 3.11. The molecule has 0 atom stereocenters. The zero-order valence-corrected chi connectivity index (χ0v) is 30.1. The van der Waals surface area contributed by atoms with Crippen LogP contribution in [0.15, 0.2) is 72.8 Å². The van der Waals surface area contributed by atoms with Crippen LogP contribution in [0.5, 0.6) is 11.5 Å². The van der Waals surface area contributed by atoms with Crippen molar-refractivity contribution in [2.24, 2.45) is 0 Å². The van der Waals surface area contributed by atoms with Crippen LogP contribution < -0.4 is 9.47 Å². The molecule has 0 unspecified atom stereocenters. The van der Waals surface area contributed by atoms with Crippen LogP contribution in [-0.2, 0) is 12.8 Å². The zero-order chi connectivity index (χ0) is 34.1. The van der Waals surface area contributed by atoms with Crippen LogP contribution in [0.3, 0.4) is 0 Å². The van der Waals surface area contributed by atoms with E-state index in [-0.39, 0.29) is 11.1 Å². The molecule has 0 radical (unpaired) electrons. The Morgan fingerprint density at radius 1 is 0.396 bits per heavy atom. The summed E-state index contributed by atoms with van der Waals surface area (Å²) in [6.07, 6.45) is 28.5. The summed E-state index contributed by atoms with van der Waals surface area (Å²) in [6, 6.07) is 22.1. The molecule has 0 amide bonds. The summed E-state index contributed by atoms with van der Waals surface area (Å²) in [7, 11) is 0. The number of esters is 2. The van der Waals surface area contributed by atoms with Crippen molar-refractivity contribution in [1.29, 1.82) is 0 Å². The molecule has 0 N–H and O–H groups in total. The van der Waals surface area contributed by atoms with Gasteiger partial charge in [-0.1, -0.05) is 166 Å². The van der Waals surface area contributed by atoms with E-state index in [9.17, 15) is 9.59 Å². The van der Waals surface area contributed by atoms with Crippen molar-refractivity contribution in [3.05, 3.63) is 95.1 Å². The number of hydrogen-bond acceptors (Lipinski definition) is 4. The van der Waals surface area contributed by atoms with E-state index in [0.29, 0.717) is 11.5 Å². The van der Waals surface area contributed by atoms with E-state index in [1.807, 2.05) is 48.5 Å². The van der Waals surface area contributed by atoms with Gasteiger partial charge in [-0.25, -0.2) is 9.59 Å². The fourth-order valence-corrected chi connectivity index (χ4v) is 6.24. The molecule has 4 nitrogen and oxygen atoms in total. The summed E-state index contributed by atoms with van der Waals surface area (Å²) in [6.45, 7) is 4.53. The molecule has 0 aliphatic heterocycles. The third-order valence-electron chi connectivity index (χ3n) is 9.27. The van der Waals surface area contributed by atoms with Gasteiger partial charge < -0.3 is 9.47 Å². The lowest BCUT2D eigenvalue weighted by Gasteiger charge is -2.10. The van der Waals surface area contributed by atoms with Crippen molar-refractivity contribution in [3.8, 4) is 11.5 Å². The number of aryl methyl sites for hydroxylation is 2. The molecule has 4 heteroatoms. The number of rotatable bonds is 26. The van der Waals surface area contributed by atoms with E-state index in [2.05, 4.69) is 13.8 Å². The fraction of sp³-hybridized carbons (Fsp3) is 0.545. The van der Waals surface area contributed by atoms with Gasteiger partial charge in [-0.05, 0) is 73.2 Å². The van der Waals surface area contributed by atoms with Crippen molar-refractivity contribution < 1.29 is 19.1 Å². The second-order valence-electron chi connectivity index (χ2n) is 13.5. The molecule has 0 spiro atoms. The van der Waals surface area contributed by atoms with E-state index in [1.165, 1.54) is 140 Å². The van der Waals surface area contributed by atoms with Crippen LogP contribution >= 0.6 is 0 Å². The van der Waals surface area contributed by atoms with Crippen molar-refractivity contribution >= 4 is 11.9 Å². The van der Waals surface area contributed by atoms with Crippen LogP contribution in [0, 0.1) is 0 Å². The number of hydrogen-bond donors (Lipinski definition) is 0. The molecule has 0 fully saturated rings. The highest BCUT2D eigenvalue weighted by Gasteiger charge is 2.20. The normalized spacial score (nSPS) is 11.0. The van der Waals surface area contributed by atoms with E-state index in [0.717, 1.165) is 12.8 Å². The molecule has 0 aliphatic rings. The van der Waals surface area contributed by atoms with E-state index >= 15 is 0 Å². The lowest BCUT2D eigenvalue weighted by molar-refractivity contribution is 0.0692. The lowest BCUT2D eigenvalue weighted by Crippen LogP contribution is -2.17. The Balaban J connectivity index is 1.37. The first kappa shape index (κ1) is 39.0. The third-order valence-corrected chi connectivity index (χ3v) is 9.27. The minimum atomic E-state index is -0.572. The molecule has 262 valence electrons. The molecule has 3 aromatic rings. The van der Waals surface area contributed by atoms with Gasteiger partial charge in [0.05, 0.1) is 11.1 Å². The lowest BCUT2D eigenvalue weighted by atomic mass is 10.0. The number of carbonyl (C=O) groups is 2. The number of unbranched alkanes of at least 4 members (excludes halogenated alkanes) is 18. The molecular weight excluding hydrogens is 592 g/mol. The number of carbonyl (C=O) groups excluding carboxylic acids is 2. The molecule has 3 rings (SSSR count). The highest BCUT2D eigenvalue weighted by atomic mass is 16.5. The molecule has 0 aromatic heterocycles. The summed E-state index contributed by atoms with van der Waals surface area (Å²) in [4.78, 5) is 26.2. The summed E-state index contributed by atoms with van der Waals surface area (Å²) >= 11 is 0. The Kier molecular flexibility index (Phi) is 20.1. The molecule has 0 aliphatic carbocycles. The number of ether oxygens (including phenoxy) is 2. The van der Waals surface area contributed by atoms with E-state index in [1.54, 1.807) is 24.3 Å². The van der Waals surface area contributed by atoms with Crippen LogP contribution in [-0.4, -0.2) is 11.9 Å². The first-order valence-corrected chi connectivity index (χ1v) is 19.3. The van der Waals surface area contributed by atoms with Crippen molar-refractivity contribution in [2.75, 3.05) is 0 Å². The highest BCUT2D eigenvalue weighted by molar-refractivity contribution is 6.04. The fourth-order valence-electron chi connectivity index (χ4n) is 6.24. The van der Waals surface area contributed by atoms with E-state index < -0.39 is 11.9 Å².